The first-order valence-corrected chi connectivity index (χ1v) is 9.45. The lowest BCUT2D eigenvalue weighted by Crippen LogP contribution is -2.42. The number of rotatable bonds is 5. The van der Waals surface area contributed by atoms with Gasteiger partial charge in [0, 0.05) is 13.1 Å². The van der Waals surface area contributed by atoms with E-state index in [4.69, 9.17) is 0 Å². The Labute approximate surface area is 156 Å². The van der Waals surface area contributed by atoms with E-state index < -0.39 is 5.41 Å². The van der Waals surface area contributed by atoms with E-state index in [0.717, 1.165) is 24.0 Å². The van der Waals surface area contributed by atoms with E-state index in [1.54, 1.807) is 0 Å². The molecule has 134 valence electrons. The molecule has 1 aliphatic carbocycles. The quantitative estimate of drug-likeness (QED) is 0.789. The Morgan fingerprint density at radius 3 is 1.96 bits per heavy atom. The van der Waals surface area contributed by atoms with Gasteiger partial charge in [0.1, 0.15) is 5.41 Å². The molecule has 3 heteroatoms. The van der Waals surface area contributed by atoms with Gasteiger partial charge in [0.05, 0.1) is 12.5 Å². The van der Waals surface area contributed by atoms with Gasteiger partial charge in [0.2, 0.25) is 5.91 Å². The van der Waals surface area contributed by atoms with Crippen molar-refractivity contribution < 1.29 is 4.79 Å². The van der Waals surface area contributed by atoms with Crippen molar-refractivity contribution in [2.75, 3.05) is 7.05 Å². The number of carbonyl (C=O) groups is 1. The van der Waals surface area contributed by atoms with Gasteiger partial charge in [0.25, 0.3) is 0 Å². The van der Waals surface area contributed by atoms with E-state index in [9.17, 15) is 10.1 Å². The van der Waals surface area contributed by atoms with E-state index in [1.807, 2.05) is 72.6 Å². The summed E-state index contributed by atoms with van der Waals surface area (Å²) in [6.45, 7) is 0. The fourth-order valence-corrected chi connectivity index (χ4v) is 4.01. The van der Waals surface area contributed by atoms with Gasteiger partial charge < -0.3 is 4.90 Å². The molecule has 0 spiro atoms. The molecule has 0 aliphatic heterocycles. The fourth-order valence-electron chi connectivity index (χ4n) is 4.01. The van der Waals surface area contributed by atoms with Gasteiger partial charge >= 0.3 is 0 Å². The molecular weight excluding hydrogens is 320 g/mol. The molecular formula is C23H26N2O. The van der Waals surface area contributed by atoms with E-state index in [1.165, 1.54) is 19.3 Å². The summed E-state index contributed by atoms with van der Waals surface area (Å²) in [5, 5.41) is 10.2. The Hall–Kier alpha value is -2.60. The van der Waals surface area contributed by atoms with Gasteiger partial charge in [-0.15, -0.1) is 0 Å². The number of hydrogen-bond acceptors (Lipinski definition) is 2. The van der Waals surface area contributed by atoms with E-state index in [2.05, 4.69) is 6.07 Å². The average molecular weight is 346 g/mol. The van der Waals surface area contributed by atoms with Crippen LogP contribution in [-0.2, 0) is 10.2 Å². The van der Waals surface area contributed by atoms with Gasteiger partial charge in [-0.25, -0.2) is 0 Å². The molecule has 0 unspecified atom stereocenters. The van der Waals surface area contributed by atoms with E-state index in [-0.39, 0.29) is 12.3 Å². The van der Waals surface area contributed by atoms with Crippen molar-refractivity contribution in [3.05, 3.63) is 71.8 Å². The number of amides is 1. The molecule has 3 nitrogen and oxygen atoms in total. The van der Waals surface area contributed by atoms with Crippen molar-refractivity contribution in [3.8, 4) is 6.07 Å². The Kier molecular flexibility index (Phi) is 5.73. The third-order valence-electron chi connectivity index (χ3n) is 5.66. The third kappa shape index (κ3) is 3.65. The minimum Gasteiger partial charge on any atom is -0.343 e. The Bertz CT molecular complexity index is 718. The number of benzene rings is 2. The maximum absolute atomic E-state index is 13.1. The summed E-state index contributed by atoms with van der Waals surface area (Å²) in [4.78, 5) is 15.0. The standard InChI is InChI=1S/C23H26N2O/c1-25(21-15-9-4-10-16-21)22(26)17-23(18-24,19-11-5-2-6-12-19)20-13-7-3-8-14-20/h2-3,5-8,11-14,21H,4,9-10,15-17H2,1H3. The van der Waals surface area contributed by atoms with Gasteiger partial charge in [-0.05, 0) is 24.0 Å². The monoisotopic (exact) mass is 346 g/mol. The minimum atomic E-state index is -0.956. The molecule has 0 atom stereocenters. The maximum Gasteiger partial charge on any atom is 0.224 e. The van der Waals surface area contributed by atoms with Crippen molar-refractivity contribution in [3.63, 3.8) is 0 Å². The van der Waals surface area contributed by atoms with Crippen molar-refractivity contribution in [2.45, 2.75) is 50.0 Å². The normalized spacial score (nSPS) is 15.2. The van der Waals surface area contributed by atoms with Crippen LogP contribution < -0.4 is 0 Å². The summed E-state index contributed by atoms with van der Waals surface area (Å²) >= 11 is 0. The smallest absolute Gasteiger partial charge is 0.224 e. The molecule has 2 aromatic carbocycles. The molecule has 0 heterocycles. The zero-order valence-electron chi connectivity index (χ0n) is 15.4. The maximum atomic E-state index is 13.1. The van der Waals surface area contributed by atoms with Crippen LogP contribution in [0, 0.1) is 11.3 Å². The van der Waals surface area contributed by atoms with Crippen LogP contribution in [0.1, 0.15) is 49.7 Å². The molecule has 0 aromatic heterocycles. The summed E-state index contributed by atoms with van der Waals surface area (Å²) in [7, 11) is 1.90. The highest BCUT2D eigenvalue weighted by Gasteiger charge is 2.38. The molecule has 3 rings (SSSR count). The highest BCUT2D eigenvalue weighted by Crippen LogP contribution is 2.36. The lowest BCUT2D eigenvalue weighted by Gasteiger charge is -2.34. The zero-order valence-corrected chi connectivity index (χ0v) is 15.4. The summed E-state index contributed by atoms with van der Waals surface area (Å²) < 4.78 is 0. The molecule has 0 bridgehead atoms. The second kappa shape index (κ2) is 8.19. The van der Waals surface area contributed by atoms with Crippen molar-refractivity contribution in [1.82, 2.24) is 4.90 Å². The van der Waals surface area contributed by atoms with Crippen LogP contribution in [0.5, 0.6) is 0 Å². The third-order valence-corrected chi connectivity index (χ3v) is 5.66. The highest BCUT2D eigenvalue weighted by atomic mass is 16.2. The van der Waals surface area contributed by atoms with Crippen LogP contribution in [0.25, 0.3) is 0 Å². The number of nitrogens with zero attached hydrogens (tertiary/aromatic N) is 2. The van der Waals surface area contributed by atoms with Crippen LogP contribution in [0.2, 0.25) is 0 Å². The van der Waals surface area contributed by atoms with E-state index in [0.29, 0.717) is 6.04 Å². The lowest BCUT2D eigenvalue weighted by molar-refractivity contribution is -0.133. The minimum absolute atomic E-state index is 0.0474. The molecule has 0 N–H and O–H groups in total. The molecule has 1 amide bonds. The topological polar surface area (TPSA) is 44.1 Å². The molecule has 0 saturated heterocycles. The highest BCUT2D eigenvalue weighted by molar-refractivity contribution is 5.80. The Balaban J connectivity index is 1.94. The zero-order chi connectivity index (χ0) is 18.4. The second-order valence-electron chi connectivity index (χ2n) is 7.22. The predicted octanol–water partition coefficient (Wildman–Crippen LogP) is 4.68. The average Bonchev–Trinajstić information content (AvgIpc) is 2.73. The second-order valence-corrected chi connectivity index (χ2v) is 7.22. The van der Waals surface area contributed by atoms with Gasteiger partial charge in [-0.2, -0.15) is 5.26 Å². The summed E-state index contributed by atoms with van der Waals surface area (Å²) in [6.07, 6.45) is 5.93. The van der Waals surface area contributed by atoms with Crippen LogP contribution in [0.15, 0.2) is 60.7 Å². The van der Waals surface area contributed by atoms with Gasteiger partial charge in [-0.3, -0.25) is 4.79 Å². The Morgan fingerprint density at radius 1 is 1.00 bits per heavy atom. The number of nitriles is 1. The SMILES string of the molecule is CN(C(=O)CC(C#N)(c1ccccc1)c1ccccc1)C1CCCCC1. The van der Waals surface area contributed by atoms with Gasteiger partial charge in [-0.1, -0.05) is 79.9 Å². The molecule has 2 aromatic rings. The first-order chi connectivity index (χ1) is 12.7. The first-order valence-electron chi connectivity index (χ1n) is 9.45. The molecule has 1 saturated carbocycles. The fraction of sp³-hybridized carbons (Fsp3) is 0.391. The Morgan fingerprint density at radius 2 is 1.50 bits per heavy atom. The summed E-state index contributed by atoms with van der Waals surface area (Å²) in [5.74, 6) is 0.0474. The van der Waals surface area contributed by atoms with Crippen LogP contribution >= 0.6 is 0 Å². The van der Waals surface area contributed by atoms with Crippen LogP contribution in [0.3, 0.4) is 0 Å². The van der Waals surface area contributed by atoms with Crippen molar-refractivity contribution in [2.24, 2.45) is 0 Å². The van der Waals surface area contributed by atoms with Crippen molar-refractivity contribution >= 4 is 5.91 Å². The first kappa shape index (κ1) is 18.2. The lowest BCUT2D eigenvalue weighted by atomic mass is 9.73. The van der Waals surface area contributed by atoms with Gasteiger partial charge in [0.15, 0.2) is 0 Å². The van der Waals surface area contributed by atoms with Crippen LogP contribution in [-0.4, -0.2) is 23.9 Å². The largest absolute Gasteiger partial charge is 0.343 e. The van der Waals surface area contributed by atoms with Crippen molar-refractivity contribution in [1.29, 1.82) is 5.26 Å². The summed E-state index contributed by atoms with van der Waals surface area (Å²) in [5.41, 5.74) is 0.792. The van der Waals surface area contributed by atoms with Crippen LogP contribution in [0.4, 0.5) is 0 Å². The molecule has 1 aliphatic rings. The number of hydrogen-bond donors (Lipinski definition) is 0. The summed E-state index contributed by atoms with van der Waals surface area (Å²) in [6, 6.07) is 22.2. The predicted molar refractivity (Wildman–Crippen MR) is 104 cm³/mol. The number of carbonyl (C=O) groups excluding carboxylic acids is 1. The molecule has 1 fully saturated rings. The molecule has 0 radical (unpaired) electrons. The van der Waals surface area contributed by atoms with E-state index >= 15 is 0 Å². The molecule has 26 heavy (non-hydrogen) atoms.